The van der Waals surface area contributed by atoms with Gasteiger partial charge >= 0.3 is 6.09 Å². The smallest absolute Gasteiger partial charge is 0.410 e. The summed E-state index contributed by atoms with van der Waals surface area (Å²) in [6.07, 6.45) is 3.53. The highest BCUT2D eigenvalue weighted by Gasteiger charge is 2.30. The number of hydrogen-bond acceptors (Lipinski definition) is 5. The maximum absolute atomic E-state index is 12.3. The second-order valence-electron chi connectivity index (χ2n) is 7.80. The van der Waals surface area contributed by atoms with Crippen LogP contribution in [0.25, 0.3) is 0 Å². The van der Waals surface area contributed by atoms with Crippen molar-refractivity contribution in [2.24, 2.45) is 0 Å². The minimum atomic E-state index is -0.456. The number of hydrogen-bond donors (Lipinski definition) is 0. The molecule has 1 aliphatic rings. The average Bonchev–Trinajstić information content (AvgIpc) is 3.13. The molecular formula is C20H26BrN3O2S. The lowest BCUT2D eigenvalue weighted by atomic mass is 10.0. The van der Waals surface area contributed by atoms with Gasteiger partial charge in [0.05, 0.1) is 11.9 Å². The van der Waals surface area contributed by atoms with Crippen molar-refractivity contribution in [3.05, 3.63) is 45.3 Å². The highest BCUT2D eigenvalue weighted by molar-refractivity contribution is 9.10. The Morgan fingerprint density at radius 3 is 2.63 bits per heavy atom. The fourth-order valence-corrected chi connectivity index (χ4v) is 4.13. The third kappa shape index (κ3) is 5.69. The molecule has 2 aromatic rings. The third-order valence-corrected chi connectivity index (χ3v) is 5.73. The molecule has 1 saturated heterocycles. The molecule has 0 aromatic carbocycles. The van der Waals surface area contributed by atoms with E-state index >= 15 is 0 Å². The first-order valence-corrected chi connectivity index (χ1v) is 10.9. The molecule has 0 radical (unpaired) electrons. The van der Waals surface area contributed by atoms with Gasteiger partial charge in [0.25, 0.3) is 0 Å². The fourth-order valence-electron chi connectivity index (χ4n) is 3.24. The molecule has 0 aliphatic carbocycles. The van der Waals surface area contributed by atoms with Gasteiger partial charge in [0.2, 0.25) is 0 Å². The number of ether oxygens (including phenoxy) is 1. The van der Waals surface area contributed by atoms with Crippen LogP contribution in [0.4, 0.5) is 10.5 Å². The van der Waals surface area contributed by atoms with Crippen molar-refractivity contribution in [2.75, 3.05) is 18.0 Å². The molecule has 1 amide bonds. The molecule has 0 bridgehead atoms. The average molecular weight is 452 g/mol. The fraction of sp³-hybridized carbons (Fsp3) is 0.500. The molecule has 146 valence electrons. The van der Waals surface area contributed by atoms with Gasteiger partial charge in [-0.1, -0.05) is 0 Å². The van der Waals surface area contributed by atoms with Crippen molar-refractivity contribution in [3.8, 4) is 0 Å². The van der Waals surface area contributed by atoms with E-state index in [0.29, 0.717) is 19.1 Å². The summed E-state index contributed by atoms with van der Waals surface area (Å²) in [5.41, 5.74) is 1.96. The summed E-state index contributed by atoms with van der Waals surface area (Å²) in [5, 5.41) is 4.30. The van der Waals surface area contributed by atoms with Gasteiger partial charge in [-0.05, 0) is 84.1 Å². The van der Waals surface area contributed by atoms with Gasteiger partial charge in [0.15, 0.2) is 0 Å². The Morgan fingerprint density at radius 2 is 2.07 bits per heavy atom. The number of thiophene rings is 1. The van der Waals surface area contributed by atoms with Gasteiger partial charge in [-0.15, -0.1) is 0 Å². The van der Waals surface area contributed by atoms with E-state index in [1.165, 1.54) is 5.56 Å². The van der Waals surface area contributed by atoms with Crippen molar-refractivity contribution >= 4 is 39.0 Å². The van der Waals surface area contributed by atoms with Crippen LogP contribution in [0.3, 0.4) is 0 Å². The number of rotatable bonds is 4. The summed E-state index contributed by atoms with van der Waals surface area (Å²) >= 11 is 5.13. The molecule has 27 heavy (non-hydrogen) atoms. The van der Waals surface area contributed by atoms with Crippen LogP contribution in [0.5, 0.6) is 0 Å². The van der Waals surface area contributed by atoms with Gasteiger partial charge in [0, 0.05) is 25.7 Å². The van der Waals surface area contributed by atoms with Crippen LogP contribution in [0.2, 0.25) is 0 Å². The Morgan fingerprint density at radius 1 is 1.33 bits per heavy atom. The van der Waals surface area contributed by atoms with E-state index in [-0.39, 0.29) is 6.09 Å². The molecule has 3 heterocycles. The number of amides is 1. The highest BCUT2D eigenvalue weighted by Crippen LogP contribution is 2.27. The number of likely N-dealkylation sites (tertiary alicyclic amines) is 1. The van der Waals surface area contributed by atoms with Crippen LogP contribution >= 0.6 is 27.3 Å². The minimum absolute atomic E-state index is 0.212. The lowest BCUT2D eigenvalue weighted by Gasteiger charge is -2.40. The van der Waals surface area contributed by atoms with E-state index in [1.54, 1.807) is 11.3 Å². The SMILES string of the molecule is CC(C)(C)OC(=O)N1CCC(N(Cc2ccsc2)c2ccc(Br)nc2)CC1. The van der Waals surface area contributed by atoms with Crippen molar-refractivity contribution in [1.29, 1.82) is 0 Å². The van der Waals surface area contributed by atoms with Gasteiger partial charge in [-0.25, -0.2) is 9.78 Å². The van der Waals surface area contributed by atoms with Crippen molar-refractivity contribution in [3.63, 3.8) is 0 Å². The second kappa shape index (κ2) is 8.61. The highest BCUT2D eigenvalue weighted by atomic mass is 79.9. The maximum Gasteiger partial charge on any atom is 0.410 e. The van der Waals surface area contributed by atoms with E-state index in [2.05, 4.69) is 48.7 Å². The Bertz CT molecular complexity index is 736. The number of nitrogens with zero attached hydrogens (tertiary/aromatic N) is 3. The van der Waals surface area contributed by atoms with Crippen molar-refractivity contribution < 1.29 is 9.53 Å². The lowest BCUT2D eigenvalue weighted by Crippen LogP contribution is -2.48. The first-order chi connectivity index (χ1) is 12.8. The Balaban J connectivity index is 1.69. The zero-order valence-electron chi connectivity index (χ0n) is 16.0. The summed E-state index contributed by atoms with van der Waals surface area (Å²) in [7, 11) is 0. The van der Waals surface area contributed by atoms with Crippen LogP contribution in [-0.4, -0.2) is 40.7 Å². The van der Waals surface area contributed by atoms with Crippen molar-refractivity contribution in [1.82, 2.24) is 9.88 Å². The van der Waals surface area contributed by atoms with E-state index in [1.807, 2.05) is 37.9 Å². The molecule has 3 rings (SSSR count). The van der Waals surface area contributed by atoms with Crippen molar-refractivity contribution in [2.45, 2.75) is 51.8 Å². The summed E-state index contributed by atoms with van der Waals surface area (Å²) in [6.45, 7) is 7.99. The minimum Gasteiger partial charge on any atom is -0.444 e. The topological polar surface area (TPSA) is 45.7 Å². The molecule has 5 nitrogen and oxygen atoms in total. The van der Waals surface area contributed by atoms with Crippen LogP contribution in [0.1, 0.15) is 39.2 Å². The van der Waals surface area contributed by atoms with Gasteiger partial charge in [-0.2, -0.15) is 11.3 Å². The van der Waals surface area contributed by atoms with E-state index in [4.69, 9.17) is 4.74 Å². The molecule has 0 unspecified atom stereocenters. The van der Waals surface area contributed by atoms with E-state index in [0.717, 1.165) is 29.7 Å². The van der Waals surface area contributed by atoms with E-state index in [9.17, 15) is 4.79 Å². The van der Waals surface area contributed by atoms with Gasteiger partial charge < -0.3 is 14.5 Å². The first kappa shape index (κ1) is 20.1. The zero-order chi connectivity index (χ0) is 19.4. The summed E-state index contributed by atoms with van der Waals surface area (Å²) in [4.78, 5) is 21.0. The molecular weight excluding hydrogens is 426 g/mol. The quantitative estimate of drug-likeness (QED) is 0.590. The molecule has 2 aromatic heterocycles. The predicted octanol–water partition coefficient (Wildman–Crippen LogP) is 5.31. The lowest BCUT2D eigenvalue weighted by molar-refractivity contribution is 0.0204. The summed E-state index contributed by atoms with van der Waals surface area (Å²) < 4.78 is 6.35. The Labute approximate surface area is 173 Å². The number of carbonyl (C=O) groups is 1. The largest absolute Gasteiger partial charge is 0.444 e. The standard InChI is InChI=1S/C20H26BrN3O2S/c1-20(2,3)26-19(25)23-9-6-16(7-10-23)24(13-15-8-11-27-14-15)17-4-5-18(21)22-12-17/h4-5,8,11-12,14,16H,6-7,9-10,13H2,1-3H3. The Kier molecular flexibility index (Phi) is 6.42. The van der Waals surface area contributed by atoms with Gasteiger partial charge in [-0.3, -0.25) is 0 Å². The number of anilines is 1. The van der Waals surface area contributed by atoms with Gasteiger partial charge in [0.1, 0.15) is 10.2 Å². The first-order valence-electron chi connectivity index (χ1n) is 9.19. The monoisotopic (exact) mass is 451 g/mol. The van der Waals surface area contributed by atoms with E-state index < -0.39 is 5.60 Å². The maximum atomic E-state index is 12.3. The predicted molar refractivity (Wildman–Crippen MR) is 113 cm³/mol. The number of halogens is 1. The zero-order valence-corrected chi connectivity index (χ0v) is 18.4. The molecule has 7 heteroatoms. The number of piperidine rings is 1. The normalized spacial score (nSPS) is 15.6. The Hall–Kier alpha value is -1.60. The van der Waals surface area contributed by atoms with Crippen LogP contribution < -0.4 is 4.90 Å². The van der Waals surface area contributed by atoms with Crippen LogP contribution in [0.15, 0.2) is 39.8 Å². The molecule has 0 N–H and O–H groups in total. The third-order valence-electron chi connectivity index (χ3n) is 4.53. The second-order valence-corrected chi connectivity index (χ2v) is 9.39. The molecule has 0 saturated carbocycles. The molecule has 1 aliphatic heterocycles. The van der Waals surface area contributed by atoms with Crippen LogP contribution in [-0.2, 0) is 11.3 Å². The number of pyridine rings is 1. The summed E-state index contributed by atoms with van der Waals surface area (Å²) in [6, 6.07) is 6.61. The molecule has 0 atom stereocenters. The number of aromatic nitrogens is 1. The molecule has 1 fully saturated rings. The summed E-state index contributed by atoms with van der Waals surface area (Å²) in [5.74, 6) is 0. The van der Waals surface area contributed by atoms with Crippen LogP contribution in [0, 0.1) is 0 Å². The number of carbonyl (C=O) groups excluding carboxylic acids is 1. The molecule has 0 spiro atoms.